The molecule has 1 heterocycles. The second-order valence-corrected chi connectivity index (χ2v) is 9.03. The molecule has 2 rings (SSSR count). The highest BCUT2D eigenvalue weighted by Gasteiger charge is 2.19. The Kier molecular flexibility index (Phi) is 7.78. The molecule has 7 heteroatoms. The molecule has 0 spiro atoms. The average Bonchev–Trinajstić information content (AvgIpc) is 2.59. The second-order valence-electron chi connectivity index (χ2n) is 6.27. The normalized spacial score (nSPS) is 12.2. The molecular weight excluding hydrogens is 366 g/mol. The van der Waals surface area contributed by atoms with Crippen LogP contribution in [0.3, 0.4) is 0 Å². The largest absolute Gasteiger partial charge is 0.325 e. The lowest BCUT2D eigenvalue weighted by atomic mass is 10.2. The van der Waals surface area contributed by atoms with Crippen molar-refractivity contribution in [2.75, 3.05) is 5.32 Å². The number of nitrogens with zero attached hydrogens (tertiary/aromatic N) is 1. The van der Waals surface area contributed by atoms with Crippen LogP contribution < -0.4 is 10.9 Å². The summed E-state index contributed by atoms with van der Waals surface area (Å²) < 4.78 is 0. The van der Waals surface area contributed by atoms with Crippen molar-refractivity contribution in [2.45, 2.75) is 55.5 Å². The van der Waals surface area contributed by atoms with E-state index in [1.54, 1.807) is 11.8 Å². The molecule has 1 aromatic carbocycles. The molecule has 0 aliphatic heterocycles. The van der Waals surface area contributed by atoms with Crippen molar-refractivity contribution in [2.24, 2.45) is 0 Å². The molecule has 2 N–H and O–H groups in total. The first-order chi connectivity index (χ1) is 12.4. The predicted molar refractivity (Wildman–Crippen MR) is 111 cm³/mol. The molecule has 0 saturated carbocycles. The molecule has 0 bridgehead atoms. The summed E-state index contributed by atoms with van der Waals surface area (Å²) in [6, 6.07) is 9.20. The smallest absolute Gasteiger partial charge is 0.251 e. The van der Waals surface area contributed by atoms with Crippen LogP contribution in [0, 0.1) is 6.92 Å². The molecule has 0 saturated heterocycles. The van der Waals surface area contributed by atoms with Gasteiger partial charge in [-0.15, -0.1) is 0 Å². The monoisotopic (exact) mass is 391 g/mol. The summed E-state index contributed by atoms with van der Waals surface area (Å²) in [5, 5.41) is 3.56. The first-order valence-corrected chi connectivity index (χ1v) is 10.6. The number of aromatic nitrogens is 2. The molecular formula is C19H25N3O2S2. The SMILES string of the molecule is CCC(Sc1nc(CSC(C)C)cc(=O)[nH]1)C(=O)Nc1ccc(C)cc1. The molecule has 1 aromatic heterocycles. The number of anilines is 1. The lowest BCUT2D eigenvalue weighted by Crippen LogP contribution is -2.25. The van der Waals surface area contributed by atoms with Crippen LogP contribution in [0.1, 0.15) is 38.4 Å². The molecule has 26 heavy (non-hydrogen) atoms. The van der Waals surface area contributed by atoms with Crippen molar-refractivity contribution in [3.05, 3.63) is 51.9 Å². The standard InChI is InChI=1S/C19H25N3O2S2/c1-5-16(18(24)20-14-8-6-13(4)7-9-14)26-19-21-15(10-17(23)22-19)11-25-12(2)3/h6-10,12,16H,5,11H2,1-4H3,(H,20,24)(H,21,22,23). The van der Waals surface area contributed by atoms with Crippen LogP contribution in [0.2, 0.25) is 0 Å². The van der Waals surface area contributed by atoms with Gasteiger partial charge in [0.15, 0.2) is 5.16 Å². The maximum Gasteiger partial charge on any atom is 0.251 e. The zero-order valence-electron chi connectivity index (χ0n) is 15.5. The number of carbonyl (C=O) groups excluding carboxylic acids is 1. The van der Waals surface area contributed by atoms with Gasteiger partial charge in [0.05, 0.1) is 10.9 Å². The maximum absolute atomic E-state index is 12.6. The van der Waals surface area contributed by atoms with E-state index in [0.29, 0.717) is 22.6 Å². The van der Waals surface area contributed by atoms with Crippen molar-refractivity contribution in [1.29, 1.82) is 0 Å². The van der Waals surface area contributed by atoms with Crippen LogP contribution in [0.5, 0.6) is 0 Å². The topological polar surface area (TPSA) is 74.8 Å². The van der Waals surface area contributed by atoms with Gasteiger partial charge in [0.25, 0.3) is 5.56 Å². The third-order valence-electron chi connectivity index (χ3n) is 3.57. The summed E-state index contributed by atoms with van der Waals surface area (Å²) in [5.74, 6) is 0.590. The fraction of sp³-hybridized carbons (Fsp3) is 0.421. The summed E-state index contributed by atoms with van der Waals surface area (Å²) >= 11 is 3.03. The van der Waals surface area contributed by atoms with Crippen LogP contribution in [0.15, 0.2) is 40.3 Å². The fourth-order valence-corrected chi connectivity index (χ4v) is 3.77. The first-order valence-electron chi connectivity index (χ1n) is 8.63. The number of hydrogen-bond donors (Lipinski definition) is 2. The number of carbonyl (C=O) groups is 1. The van der Waals surface area contributed by atoms with Crippen LogP contribution >= 0.6 is 23.5 Å². The molecule has 0 aliphatic rings. The molecule has 1 unspecified atom stereocenters. The number of rotatable bonds is 8. The third kappa shape index (κ3) is 6.53. The Morgan fingerprint density at radius 1 is 1.27 bits per heavy atom. The van der Waals surface area contributed by atoms with E-state index < -0.39 is 0 Å². The Morgan fingerprint density at radius 3 is 2.58 bits per heavy atom. The van der Waals surface area contributed by atoms with Crippen molar-refractivity contribution in [3.8, 4) is 0 Å². The Balaban J connectivity index is 2.07. The van der Waals surface area contributed by atoms with E-state index in [1.807, 2.05) is 38.1 Å². The number of hydrogen-bond acceptors (Lipinski definition) is 5. The molecule has 0 aliphatic carbocycles. The number of thioether (sulfide) groups is 2. The molecule has 0 fully saturated rings. The summed E-state index contributed by atoms with van der Waals surface area (Å²) in [6.07, 6.45) is 0.636. The number of aryl methyl sites for hydroxylation is 1. The zero-order valence-corrected chi connectivity index (χ0v) is 17.2. The Labute approximate surface area is 162 Å². The minimum Gasteiger partial charge on any atom is -0.325 e. The van der Waals surface area contributed by atoms with E-state index in [-0.39, 0.29) is 16.7 Å². The van der Waals surface area contributed by atoms with Gasteiger partial charge in [-0.2, -0.15) is 11.8 Å². The van der Waals surface area contributed by atoms with Gasteiger partial charge in [-0.3, -0.25) is 9.59 Å². The van der Waals surface area contributed by atoms with Crippen molar-refractivity contribution < 1.29 is 4.79 Å². The number of aromatic amines is 1. The van der Waals surface area contributed by atoms with Crippen molar-refractivity contribution in [3.63, 3.8) is 0 Å². The van der Waals surface area contributed by atoms with E-state index in [9.17, 15) is 9.59 Å². The van der Waals surface area contributed by atoms with Gasteiger partial charge in [0.1, 0.15) is 0 Å². The lowest BCUT2D eigenvalue weighted by molar-refractivity contribution is -0.115. The molecule has 5 nitrogen and oxygen atoms in total. The predicted octanol–water partition coefficient (Wildman–Crippen LogP) is 4.23. The summed E-state index contributed by atoms with van der Waals surface area (Å²) in [5.41, 5.74) is 2.46. The van der Waals surface area contributed by atoms with Crippen LogP contribution in [-0.2, 0) is 10.5 Å². The van der Waals surface area contributed by atoms with Gasteiger partial charge in [-0.05, 0) is 30.7 Å². The Hall–Kier alpha value is -1.73. The van der Waals surface area contributed by atoms with Gasteiger partial charge in [-0.1, -0.05) is 50.2 Å². The van der Waals surface area contributed by atoms with E-state index >= 15 is 0 Å². The first kappa shape index (κ1) is 20.6. The Morgan fingerprint density at radius 2 is 1.96 bits per heavy atom. The van der Waals surface area contributed by atoms with Gasteiger partial charge in [0.2, 0.25) is 5.91 Å². The minimum atomic E-state index is -0.326. The highest BCUT2D eigenvalue weighted by atomic mass is 32.2. The van der Waals surface area contributed by atoms with E-state index in [4.69, 9.17) is 0 Å². The van der Waals surface area contributed by atoms with E-state index in [1.165, 1.54) is 17.8 Å². The summed E-state index contributed by atoms with van der Waals surface area (Å²) in [4.78, 5) is 31.7. The molecule has 1 atom stereocenters. The van der Waals surface area contributed by atoms with Crippen molar-refractivity contribution in [1.82, 2.24) is 9.97 Å². The van der Waals surface area contributed by atoms with Crippen molar-refractivity contribution >= 4 is 35.1 Å². The van der Waals surface area contributed by atoms with E-state index in [0.717, 1.165) is 16.9 Å². The van der Waals surface area contributed by atoms with Gasteiger partial charge >= 0.3 is 0 Å². The van der Waals surface area contributed by atoms with E-state index in [2.05, 4.69) is 29.1 Å². The molecule has 140 valence electrons. The van der Waals surface area contributed by atoms with Crippen LogP contribution in [0.25, 0.3) is 0 Å². The summed E-state index contributed by atoms with van der Waals surface area (Å²) in [7, 11) is 0. The average molecular weight is 392 g/mol. The molecule has 1 amide bonds. The highest BCUT2D eigenvalue weighted by molar-refractivity contribution is 8.00. The Bertz CT molecular complexity index is 788. The quantitative estimate of drug-likeness (QED) is 0.520. The lowest BCUT2D eigenvalue weighted by Gasteiger charge is -2.14. The maximum atomic E-state index is 12.6. The van der Waals surface area contributed by atoms with Gasteiger partial charge in [0, 0.05) is 17.5 Å². The van der Waals surface area contributed by atoms with Gasteiger partial charge < -0.3 is 10.3 Å². The number of amides is 1. The molecule has 0 radical (unpaired) electrons. The zero-order chi connectivity index (χ0) is 19.1. The second kappa shape index (κ2) is 9.83. The number of H-pyrrole nitrogens is 1. The molecule has 2 aromatic rings. The number of benzene rings is 1. The fourth-order valence-electron chi connectivity index (χ4n) is 2.18. The highest BCUT2D eigenvalue weighted by Crippen LogP contribution is 2.24. The number of nitrogens with one attached hydrogen (secondary N) is 2. The van der Waals surface area contributed by atoms with Crippen LogP contribution in [-0.4, -0.2) is 26.4 Å². The van der Waals surface area contributed by atoms with Gasteiger partial charge in [-0.25, -0.2) is 4.98 Å². The third-order valence-corrected chi connectivity index (χ3v) is 5.95. The summed E-state index contributed by atoms with van der Waals surface area (Å²) in [6.45, 7) is 8.16. The van der Waals surface area contributed by atoms with Crippen LogP contribution in [0.4, 0.5) is 5.69 Å². The minimum absolute atomic E-state index is 0.0917.